The van der Waals surface area contributed by atoms with Gasteiger partial charge in [0, 0.05) is 52.8 Å². The number of amides is 2. The first-order valence-electron chi connectivity index (χ1n) is 16.3. The molecule has 2 aliphatic rings. The van der Waals surface area contributed by atoms with Crippen LogP contribution in [-0.4, -0.2) is 108 Å². The second-order valence-corrected chi connectivity index (χ2v) is 15.7. The van der Waals surface area contributed by atoms with Gasteiger partial charge in [-0.15, -0.1) is 0 Å². The van der Waals surface area contributed by atoms with E-state index in [1.165, 1.54) is 24.8 Å². The lowest BCUT2D eigenvalue weighted by Gasteiger charge is -2.39. The number of hydrogen-bond donors (Lipinski definition) is 2. The number of ether oxygens (including phenoxy) is 4. The minimum Gasteiger partial charge on any atom is -0.444 e. The molecule has 2 aliphatic heterocycles. The molecule has 4 atom stereocenters. The van der Waals surface area contributed by atoms with Crippen LogP contribution in [0.1, 0.15) is 54.4 Å². The molecule has 2 aromatic heterocycles. The van der Waals surface area contributed by atoms with Gasteiger partial charge in [-0.2, -0.15) is 0 Å². The summed E-state index contributed by atoms with van der Waals surface area (Å²) in [7, 11) is 3.10. The van der Waals surface area contributed by atoms with Crippen molar-refractivity contribution in [3.63, 3.8) is 0 Å². The molecule has 0 saturated carbocycles. The van der Waals surface area contributed by atoms with Gasteiger partial charge in [-0.1, -0.05) is 0 Å². The fourth-order valence-corrected chi connectivity index (χ4v) is 6.84. The summed E-state index contributed by atoms with van der Waals surface area (Å²) < 4.78 is 22.7. The van der Waals surface area contributed by atoms with E-state index in [-0.39, 0.29) is 35.7 Å². The first kappa shape index (κ1) is 42.5. The highest BCUT2D eigenvalue weighted by Gasteiger charge is 2.36. The monoisotopic (exact) mass is 860 g/mol. The van der Waals surface area contributed by atoms with Crippen LogP contribution in [0.5, 0.6) is 0 Å². The second-order valence-electron chi connectivity index (χ2n) is 14.0. The molecule has 2 saturated heterocycles. The fraction of sp³-hybridized carbons (Fsp3) is 0.625. The minimum atomic E-state index is -0.587. The van der Waals surface area contributed by atoms with E-state index in [4.69, 9.17) is 18.9 Å². The second kappa shape index (κ2) is 18.2. The van der Waals surface area contributed by atoms with E-state index in [2.05, 4.69) is 52.5 Å². The normalized spacial score (nSPS) is 20.6. The maximum atomic E-state index is 12.0. The number of rotatable bonds is 8. The molecule has 18 nitrogen and oxygen atoms in total. The Hall–Kier alpha value is -3.88. The van der Waals surface area contributed by atoms with Gasteiger partial charge >= 0.3 is 23.6 Å². The van der Waals surface area contributed by atoms with Crippen molar-refractivity contribution in [1.29, 1.82) is 0 Å². The standard InChI is InChI=1S/2C16H23BrN4O5/c2*1-16(2,3)26-15(22)19-11-5-6-20(9-13(11)25-4)14-10(17)7-18-8-12(14)21(23)24/h2*7-8,11,13H,5-6,9H2,1-4H3,(H,19,22)/t2*11-,13-/m10/s1. The molecule has 4 heterocycles. The predicted octanol–water partition coefficient (Wildman–Crippen LogP) is 5.74. The summed E-state index contributed by atoms with van der Waals surface area (Å²) in [6.45, 7) is 12.6. The third-order valence-electron chi connectivity index (χ3n) is 7.86. The first-order valence-corrected chi connectivity index (χ1v) is 17.9. The predicted molar refractivity (Wildman–Crippen MR) is 199 cm³/mol. The molecule has 0 unspecified atom stereocenters. The molecule has 0 spiro atoms. The van der Waals surface area contributed by atoms with Crippen LogP contribution in [0.25, 0.3) is 0 Å². The molecule has 52 heavy (non-hydrogen) atoms. The zero-order valence-corrected chi connectivity index (χ0v) is 33.6. The van der Waals surface area contributed by atoms with Gasteiger partial charge < -0.3 is 39.4 Å². The van der Waals surface area contributed by atoms with Crippen LogP contribution >= 0.6 is 31.9 Å². The highest BCUT2D eigenvalue weighted by molar-refractivity contribution is 9.11. The quantitative estimate of drug-likeness (QED) is 0.239. The summed E-state index contributed by atoms with van der Waals surface area (Å²) in [5.74, 6) is 0. The number of carbonyl (C=O) groups is 2. The van der Waals surface area contributed by atoms with Gasteiger partial charge in [0.1, 0.15) is 35.0 Å². The van der Waals surface area contributed by atoms with Crippen molar-refractivity contribution in [1.82, 2.24) is 20.6 Å². The lowest BCUT2D eigenvalue weighted by atomic mass is 10.0. The average Bonchev–Trinajstić information content (AvgIpc) is 3.03. The third-order valence-corrected chi connectivity index (χ3v) is 9.02. The number of methoxy groups -OCH3 is 2. The van der Waals surface area contributed by atoms with Crippen molar-refractivity contribution in [3.05, 3.63) is 54.0 Å². The van der Waals surface area contributed by atoms with E-state index in [9.17, 15) is 29.8 Å². The molecule has 2 fully saturated rings. The summed E-state index contributed by atoms with van der Waals surface area (Å²) in [4.78, 5) is 57.3. The summed E-state index contributed by atoms with van der Waals surface area (Å²) in [6.07, 6.45) is 4.94. The van der Waals surface area contributed by atoms with Crippen molar-refractivity contribution in [2.45, 2.75) is 89.9 Å². The Morgan fingerprint density at radius 1 is 0.731 bits per heavy atom. The molecular weight excluding hydrogens is 816 g/mol. The molecule has 0 bridgehead atoms. The van der Waals surface area contributed by atoms with Gasteiger partial charge in [0.25, 0.3) is 0 Å². The highest BCUT2D eigenvalue weighted by atomic mass is 79.9. The Morgan fingerprint density at radius 2 is 1.08 bits per heavy atom. The van der Waals surface area contributed by atoms with Crippen molar-refractivity contribution in [2.75, 3.05) is 50.2 Å². The summed E-state index contributed by atoms with van der Waals surface area (Å²) in [5, 5.41) is 28.3. The van der Waals surface area contributed by atoms with Gasteiger partial charge in [-0.3, -0.25) is 30.2 Å². The third kappa shape index (κ3) is 12.1. The van der Waals surface area contributed by atoms with Crippen molar-refractivity contribution >= 4 is 66.8 Å². The average molecular weight is 863 g/mol. The largest absolute Gasteiger partial charge is 0.444 e. The lowest BCUT2D eigenvalue weighted by Crippen LogP contribution is -2.55. The molecule has 2 amide bonds. The van der Waals surface area contributed by atoms with Crippen molar-refractivity contribution in [3.8, 4) is 0 Å². The van der Waals surface area contributed by atoms with E-state index in [0.29, 0.717) is 59.3 Å². The number of nitro groups is 2. The number of alkyl carbamates (subject to hydrolysis) is 2. The Balaban J connectivity index is 0.000000280. The number of carbonyl (C=O) groups excluding carboxylic acids is 2. The summed E-state index contributed by atoms with van der Waals surface area (Å²) in [5.41, 5.74) is -0.405. The minimum absolute atomic E-state index is 0.0761. The molecule has 0 aromatic carbocycles. The van der Waals surface area contributed by atoms with Crippen LogP contribution in [0, 0.1) is 20.2 Å². The van der Waals surface area contributed by atoms with Gasteiger partial charge in [0.2, 0.25) is 0 Å². The van der Waals surface area contributed by atoms with E-state index in [0.717, 1.165) is 0 Å². The van der Waals surface area contributed by atoms with Gasteiger partial charge in [0.05, 0.1) is 43.1 Å². The zero-order chi connectivity index (χ0) is 39.0. The van der Waals surface area contributed by atoms with Crippen LogP contribution in [0.15, 0.2) is 33.7 Å². The number of pyridine rings is 2. The number of aromatic nitrogens is 2. The van der Waals surface area contributed by atoms with Crippen LogP contribution in [0.4, 0.5) is 32.3 Å². The maximum Gasteiger partial charge on any atom is 0.407 e. The number of hydrogen-bond acceptors (Lipinski definition) is 14. The number of nitrogens with one attached hydrogen (secondary N) is 2. The Bertz CT molecular complexity index is 1470. The molecule has 2 N–H and O–H groups in total. The number of nitrogens with zero attached hydrogens (tertiary/aromatic N) is 6. The molecule has 4 rings (SSSR count). The molecule has 0 radical (unpaired) electrons. The van der Waals surface area contributed by atoms with Gasteiger partial charge in [-0.05, 0) is 86.2 Å². The van der Waals surface area contributed by atoms with Crippen molar-refractivity contribution in [2.24, 2.45) is 0 Å². The Labute approximate surface area is 318 Å². The highest BCUT2D eigenvalue weighted by Crippen LogP contribution is 2.38. The molecular formula is C32H46Br2N8O10. The molecule has 2 aromatic rings. The SMILES string of the molecule is CO[C@@H]1CN(c2c(Br)cncc2[N+](=O)[O-])CC[C@H]1NC(=O)OC(C)(C)C.CO[C@H]1CN(c2c(Br)cncc2[N+](=O)[O-])CC[C@@H]1NC(=O)OC(C)(C)C. The smallest absolute Gasteiger partial charge is 0.407 e. The van der Waals surface area contributed by atoms with E-state index >= 15 is 0 Å². The summed E-state index contributed by atoms with van der Waals surface area (Å²) >= 11 is 6.68. The fourth-order valence-electron chi connectivity index (χ4n) is 5.69. The van der Waals surface area contributed by atoms with E-state index in [1.54, 1.807) is 55.8 Å². The van der Waals surface area contributed by atoms with E-state index < -0.39 is 33.2 Å². The number of piperidine rings is 2. The van der Waals surface area contributed by atoms with Gasteiger partial charge in [-0.25, -0.2) is 9.59 Å². The van der Waals surface area contributed by atoms with Crippen LogP contribution in [0.2, 0.25) is 0 Å². The van der Waals surface area contributed by atoms with Crippen LogP contribution in [-0.2, 0) is 18.9 Å². The zero-order valence-electron chi connectivity index (χ0n) is 30.4. The topological polar surface area (TPSA) is 214 Å². The Morgan fingerprint density at radius 3 is 1.37 bits per heavy atom. The maximum absolute atomic E-state index is 12.0. The molecule has 20 heteroatoms. The summed E-state index contributed by atoms with van der Waals surface area (Å²) in [6, 6.07) is -0.489. The van der Waals surface area contributed by atoms with Crippen LogP contribution in [0.3, 0.4) is 0 Å². The first-order chi connectivity index (χ1) is 24.2. The number of anilines is 2. The molecule has 0 aliphatic carbocycles. The lowest BCUT2D eigenvalue weighted by molar-refractivity contribution is -0.384. The van der Waals surface area contributed by atoms with E-state index in [1.807, 2.05) is 9.80 Å². The Kier molecular flexibility index (Phi) is 14.9. The number of halogens is 2. The molecule has 288 valence electrons. The van der Waals surface area contributed by atoms with Crippen LogP contribution < -0.4 is 20.4 Å². The van der Waals surface area contributed by atoms with Crippen molar-refractivity contribution < 1.29 is 38.4 Å². The van der Waals surface area contributed by atoms with Gasteiger partial charge in [0.15, 0.2) is 0 Å².